The monoisotopic (exact) mass is 459 g/mol. The Morgan fingerprint density at radius 1 is 1.16 bits per heavy atom. The van der Waals surface area contributed by atoms with Crippen LogP contribution in [0.15, 0.2) is 29.4 Å². The van der Waals surface area contributed by atoms with Gasteiger partial charge < -0.3 is 19.9 Å². The number of rotatable bonds is 10. The second-order valence-corrected chi connectivity index (χ2v) is 9.11. The molecule has 1 aromatic heterocycles. The van der Waals surface area contributed by atoms with Gasteiger partial charge in [-0.1, -0.05) is 43.7 Å². The van der Waals surface area contributed by atoms with Crippen LogP contribution in [0.2, 0.25) is 0 Å². The molecular weight excluding hydrogens is 426 g/mol. The number of thioether (sulfide) groups is 1. The number of nitrogens with zero attached hydrogens (tertiary/aromatic N) is 3. The van der Waals surface area contributed by atoms with Crippen LogP contribution >= 0.6 is 11.8 Å². The van der Waals surface area contributed by atoms with Gasteiger partial charge in [-0.2, -0.15) is 0 Å². The van der Waals surface area contributed by atoms with E-state index in [1.807, 2.05) is 35.8 Å². The summed E-state index contributed by atoms with van der Waals surface area (Å²) in [5.74, 6) is 2.23. The lowest BCUT2D eigenvalue weighted by molar-refractivity contribution is -0.121. The number of ether oxygens (including phenoxy) is 1. The molecule has 0 aliphatic heterocycles. The molecule has 0 spiro atoms. The molecule has 1 heterocycles. The molecule has 1 aliphatic rings. The fourth-order valence-corrected chi connectivity index (χ4v) is 4.78. The number of methoxy groups -OCH3 is 1. The average Bonchev–Trinajstić information content (AvgIpc) is 3.20. The Morgan fingerprint density at radius 2 is 1.91 bits per heavy atom. The van der Waals surface area contributed by atoms with Crippen molar-refractivity contribution in [1.29, 1.82) is 0 Å². The number of hydrogen-bond acceptors (Lipinski definition) is 6. The van der Waals surface area contributed by atoms with Crippen LogP contribution in [-0.4, -0.2) is 45.5 Å². The Morgan fingerprint density at radius 3 is 2.59 bits per heavy atom. The van der Waals surface area contributed by atoms with E-state index in [1.54, 1.807) is 7.11 Å². The van der Waals surface area contributed by atoms with Gasteiger partial charge in [-0.3, -0.25) is 9.59 Å². The number of amides is 2. The van der Waals surface area contributed by atoms with Gasteiger partial charge in [0, 0.05) is 12.6 Å². The summed E-state index contributed by atoms with van der Waals surface area (Å²) in [4.78, 5) is 24.7. The molecule has 2 aromatic rings. The standard InChI is InChI=1S/C23H33N5O3S/c1-4-28-20(14-24-21(29)13-17-9-11-18(31-3)12-10-17)26-27-23(28)32-15-22(30)25-19-8-6-5-7-16(19)2/h9-12,16,19H,4-8,13-15H2,1-3H3,(H,24,29)(H,25,30)/t16-,19+/m0/s1. The summed E-state index contributed by atoms with van der Waals surface area (Å²) in [7, 11) is 1.61. The fraction of sp³-hybridized carbons (Fsp3) is 0.565. The lowest BCUT2D eigenvalue weighted by Gasteiger charge is -2.29. The van der Waals surface area contributed by atoms with Gasteiger partial charge >= 0.3 is 0 Å². The van der Waals surface area contributed by atoms with Gasteiger partial charge in [0.15, 0.2) is 11.0 Å². The van der Waals surface area contributed by atoms with E-state index in [0.29, 0.717) is 35.7 Å². The summed E-state index contributed by atoms with van der Waals surface area (Å²) < 4.78 is 7.08. The molecule has 9 heteroatoms. The van der Waals surface area contributed by atoms with E-state index >= 15 is 0 Å². The van der Waals surface area contributed by atoms with Crippen molar-refractivity contribution in [1.82, 2.24) is 25.4 Å². The maximum atomic E-state index is 12.4. The van der Waals surface area contributed by atoms with Crippen LogP contribution in [-0.2, 0) is 29.1 Å². The molecule has 1 saturated carbocycles. The molecule has 0 radical (unpaired) electrons. The van der Waals surface area contributed by atoms with Crippen molar-refractivity contribution in [2.45, 2.75) is 70.2 Å². The molecular formula is C23H33N5O3S. The van der Waals surface area contributed by atoms with E-state index in [1.165, 1.54) is 31.0 Å². The third-order valence-corrected chi connectivity index (χ3v) is 6.83. The fourth-order valence-electron chi connectivity index (χ4n) is 3.95. The minimum Gasteiger partial charge on any atom is -0.497 e. The van der Waals surface area contributed by atoms with Crippen LogP contribution in [0.4, 0.5) is 0 Å². The zero-order valence-electron chi connectivity index (χ0n) is 19.1. The van der Waals surface area contributed by atoms with Crippen LogP contribution in [0, 0.1) is 5.92 Å². The van der Waals surface area contributed by atoms with Crippen molar-refractivity contribution in [2.75, 3.05) is 12.9 Å². The van der Waals surface area contributed by atoms with Crippen LogP contribution in [0.25, 0.3) is 0 Å². The second-order valence-electron chi connectivity index (χ2n) is 8.17. The second kappa shape index (κ2) is 11.9. The van der Waals surface area contributed by atoms with E-state index in [-0.39, 0.29) is 24.3 Å². The Hall–Kier alpha value is -2.55. The smallest absolute Gasteiger partial charge is 0.230 e. The summed E-state index contributed by atoms with van der Waals surface area (Å²) in [6, 6.07) is 7.70. The van der Waals surface area contributed by atoms with Crippen molar-refractivity contribution < 1.29 is 14.3 Å². The lowest BCUT2D eigenvalue weighted by atomic mass is 9.86. The first-order chi connectivity index (χ1) is 15.5. The molecule has 174 valence electrons. The zero-order valence-corrected chi connectivity index (χ0v) is 19.9. The minimum atomic E-state index is -0.0870. The molecule has 0 bridgehead atoms. The molecule has 2 N–H and O–H groups in total. The highest BCUT2D eigenvalue weighted by atomic mass is 32.2. The van der Waals surface area contributed by atoms with Crippen LogP contribution in [0.3, 0.4) is 0 Å². The van der Waals surface area contributed by atoms with Gasteiger partial charge in [0.2, 0.25) is 11.8 Å². The molecule has 1 aliphatic carbocycles. The first kappa shape index (κ1) is 24.1. The van der Waals surface area contributed by atoms with Gasteiger partial charge in [-0.05, 0) is 43.4 Å². The van der Waals surface area contributed by atoms with Crippen molar-refractivity contribution in [2.24, 2.45) is 5.92 Å². The van der Waals surface area contributed by atoms with Gasteiger partial charge in [-0.25, -0.2) is 0 Å². The summed E-state index contributed by atoms with van der Waals surface area (Å²) in [6.45, 7) is 5.17. The SMILES string of the molecule is CCn1c(CNC(=O)Cc2ccc(OC)cc2)nnc1SCC(=O)N[C@@H]1CCCC[C@@H]1C. The largest absolute Gasteiger partial charge is 0.497 e. The Balaban J connectivity index is 1.48. The highest BCUT2D eigenvalue weighted by Gasteiger charge is 2.23. The number of hydrogen-bond donors (Lipinski definition) is 2. The number of carbonyl (C=O) groups is 2. The molecule has 2 amide bonds. The van der Waals surface area contributed by atoms with Gasteiger partial charge in [0.1, 0.15) is 5.75 Å². The predicted octanol–water partition coefficient (Wildman–Crippen LogP) is 2.95. The molecule has 0 saturated heterocycles. The highest BCUT2D eigenvalue weighted by Crippen LogP contribution is 2.24. The maximum Gasteiger partial charge on any atom is 0.230 e. The first-order valence-electron chi connectivity index (χ1n) is 11.2. The van der Waals surface area contributed by atoms with Crippen LogP contribution in [0.5, 0.6) is 5.75 Å². The van der Waals surface area contributed by atoms with E-state index in [4.69, 9.17) is 4.74 Å². The summed E-state index contributed by atoms with van der Waals surface area (Å²) in [5.41, 5.74) is 0.912. The third kappa shape index (κ3) is 6.72. The third-order valence-electron chi connectivity index (χ3n) is 5.87. The van der Waals surface area contributed by atoms with E-state index in [9.17, 15) is 9.59 Å². The molecule has 2 atom stereocenters. The van der Waals surface area contributed by atoms with E-state index in [0.717, 1.165) is 17.7 Å². The van der Waals surface area contributed by atoms with Crippen LogP contribution < -0.4 is 15.4 Å². The van der Waals surface area contributed by atoms with Gasteiger partial charge in [-0.15, -0.1) is 10.2 Å². The Bertz CT molecular complexity index is 900. The number of carbonyl (C=O) groups excluding carboxylic acids is 2. The molecule has 0 unspecified atom stereocenters. The lowest BCUT2D eigenvalue weighted by Crippen LogP contribution is -2.41. The van der Waals surface area contributed by atoms with Crippen molar-refractivity contribution in [3.63, 3.8) is 0 Å². The molecule has 8 nitrogen and oxygen atoms in total. The Labute approximate surface area is 193 Å². The topological polar surface area (TPSA) is 98.1 Å². The van der Waals surface area contributed by atoms with Crippen molar-refractivity contribution in [3.05, 3.63) is 35.7 Å². The van der Waals surface area contributed by atoms with Gasteiger partial charge in [0.05, 0.1) is 25.8 Å². The summed E-state index contributed by atoms with van der Waals surface area (Å²) in [5, 5.41) is 15.2. The van der Waals surface area contributed by atoms with E-state index < -0.39 is 0 Å². The molecule has 1 fully saturated rings. The molecule has 3 rings (SSSR count). The maximum absolute atomic E-state index is 12.4. The van der Waals surface area contributed by atoms with Gasteiger partial charge in [0.25, 0.3) is 0 Å². The first-order valence-corrected chi connectivity index (χ1v) is 12.2. The van der Waals surface area contributed by atoms with Crippen molar-refractivity contribution in [3.8, 4) is 5.75 Å². The van der Waals surface area contributed by atoms with Crippen LogP contribution in [0.1, 0.15) is 50.9 Å². The summed E-state index contributed by atoms with van der Waals surface area (Å²) >= 11 is 1.38. The molecule has 32 heavy (non-hydrogen) atoms. The normalized spacial score (nSPS) is 18.2. The number of benzene rings is 1. The predicted molar refractivity (Wildman–Crippen MR) is 125 cm³/mol. The highest BCUT2D eigenvalue weighted by molar-refractivity contribution is 7.99. The van der Waals surface area contributed by atoms with Crippen molar-refractivity contribution >= 4 is 23.6 Å². The number of nitrogens with one attached hydrogen (secondary N) is 2. The summed E-state index contributed by atoms with van der Waals surface area (Å²) in [6.07, 6.45) is 4.95. The van der Waals surface area contributed by atoms with E-state index in [2.05, 4.69) is 27.8 Å². The Kier molecular flexibility index (Phi) is 8.96. The number of aromatic nitrogens is 3. The average molecular weight is 460 g/mol. The minimum absolute atomic E-state index is 0.0359. The molecule has 1 aromatic carbocycles. The quantitative estimate of drug-likeness (QED) is 0.530. The zero-order chi connectivity index (χ0) is 22.9.